The van der Waals surface area contributed by atoms with Gasteiger partial charge in [0.25, 0.3) is 0 Å². The van der Waals surface area contributed by atoms with Crippen LogP contribution in [-0.2, 0) is 0 Å². The van der Waals surface area contributed by atoms with Crippen LogP contribution < -0.4 is 10.1 Å². The molecule has 2 unspecified atom stereocenters. The van der Waals surface area contributed by atoms with E-state index in [9.17, 15) is 4.39 Å². The van der Waals surface area contributed by atoms with E-state index in [4.69, 9.17) is 4.74 Å². The Labute approximate surface area is 118 Å². The number of halogens is 1. The number of rotatable bonds is 3. The Hall–Kier alpha value is -1.87. The third kappa shape index (κ3) is 2.68. The molecule has 0 bridgehead atoms. The molecule has 2 nitrogen and oxygen atoms in total. The van der Waals surface area contributed by atoms with Crippen LogP contribution in [0.2, 0.25) is 0 Å². The van der Waals surface area contributed by atoms with Crippen molar-refractivity contribution in [1.82, 2.24) is 5.32 Å². The number of fused-ring (bicyclic) bond motifs is 1. The molecule has 0 radical (unpaired) electrons. The highest BCUT2D eigenvalue weighted by atomic mass is 19.1. The molecule has 0 saturated carbocycles. The second-order valence-electron chi connectivity index (χ2n) is 5.17. The average molecular weight is 271 g/mol. The van der Waals surface area contributed by atoms with E-state index in [0.29, 0.717) is 0 Å². The number of hydrogen-bond donors (Lipinski definition) is 1. The van der Waals surface area contributed by atoms with Gasteiger partial charge in [0.15, 0.2) is 0 Å². The van der Waals surface area contributed by atoms with Crippen molar-refractivity contribution in [3.05, 3.63) is 65.5 Å². The summed E-state index contributed by atoms with van der Waals surface area (Å²) in [5.41, 5.74) is 2.29. The van der Waals surface area contributed by atoms with Crippen LogP contribution >= 0.6 is 0 Å². The molecule has 104 valence electrons. The monoisotopic (exact) mass is 271 g/mol. The molecule has 0 amide bonds. The van der Waals surface area contributed by atoms with Crippen molar-refractivity contribution in [3.8, 4) is 5.75 Å². The van der Waals surface area contributed by atoms with Gasteiger partial charge in [-0.05, 0) is 30.7 Å². The molecule has 0 fully saturated rings. The van der Waals surface area contributed by atoms with Crippen molar-refractivity contribution in [2.45, 2.75) is 25.4 Å². The molecule has 0 saturated heterocycles. The van der Waals surface area contributed by atoms with Crippen LogP contribution in [0.3, 0.4) is 0 Å². The molecule has 0 aliphatic carbocycles. The molecule has 1 heterocycles. The number of para-hydroxylation sites is 1. The van der Waals surface area contributed by atoms with Crippen LogP contribution in [0.5, 0.6) is 5.75 Å². The van der Waals surface area contributed by atoms with Gasteiger partial charge in [-0.25, -0.2) is 4.39 Å². The maximum absolute atomic E-state index is 13.0. The van der Waals surface area contributed by atoms with Gasteiger partial charge in [0.2, 0.25) is 0 Å². The summed E-state index contributed by atoms with van der Waals surface area (Å²) >= 11 is 0. The third-order valence-electron chi connectivity index (χ3n) is 3.78. The SMILES string of the molecule is CC(NC1CCOc2ccccc21)c1ccc(F)cc1. The maximum atomic E-state index is 13.0. The van der Waals surface area contributed by atoms with Crippen molar-refractivity contribution in [2.75, 3.05) is 6.61 Å². The van der Waals surface area contributed by atoms with Gasteiger partial charge in [-0.3, -0.25) is 0 Å². The van der Waals surface area contributed by atoms with E-state index in [0.717, 1.165) is 24.3 Å². The molecular formula is C17H18FNO. The van der Waals surface area contributed by atoms with E-state index in [1.807, 2.05) is 30.3 Å². The lowest BCUT2D eigenvalue weighted by Gasteiger charge is -2.29. The first-order valence-corrected chi connectivity index (χ1v) is 6.97. The van der Waals surface area contributed by atoms with Crippen LogP contribution in [0.1, 0.15) is 36.6 Å². The van der Waals surface area contributed by atoms with Gasteiger partial charge < -0.3 is 10.1 Å². The molecule has 20 heavy (non-hydrogen) atoms. The fourth-order valence-corrected chi connectivity index (χ4v) is 2.66. The van der Waals surface area contributed by atoms with Crippen LogP contribution in [-0.4, -0.2) is 6.61 Å². The molecule has 3 rings (SSSR count). The lowest BCUT2D eigenvalue weighted by Crippen LogP contribution is -2.29. The first-order valence-electron chi connectivity index (χ1n) is 6.97. The summed E-state index contributed by atoms with van der Waals surface area (Å²) in [6, 6.07) is 15.3. The van der Waals surface area contributed by atoms with Crippen LogP contribution in [0, 0.1) is 5.82 Å². The van der Waals surface area contributed by atoms with Crippen molar-refractivity contribution < 1.29 is 9.13 Å². The van der Waals surface area contributed by atoms with Crippen molar-refractivity contribution in [3.63, 3.8) is 0 Å². The van der Waals surface area contributed by atoms with E-state index in [2.05, 4.69) is 18.3 Å². The van der Waals surface area contributed by atoms with E-state index in [-0.39, 0.29) is 17.9 Å². The Morgan fingerprint density at radius 3 is 2.70 bits per heavy atom. The van der Waals surface area contributed by atoms with E-state index in [1.54, 1.807) is 0 Å². The fraction of sp³-hybridized carbons (Fsp3) is 0.294. The number of benzene rings is 2. The Morgan fingerprint density at radius 1 is 1.15 bits per heavy atom. The zero-order valence-corrected chi connectivity index (χ0v) is 11.5. The molecule has 1 N–H and O–H groups in total. The van der Waals surface area contributed by atoms with Gasteiger partial charge in [0.1, 0.15) is 11.6 Å². The minimum absolute atomic E-state index is 0.173. The quantitative estimate of drug-likeness (QED) is 0.911. The van der Waals surface area contributed by atoms with Crippen LogP contribution in [0.15, 0.2) is 48.5 Å². The molecule has 0 spiro atoms. The van der Waals surface area contributed by atoms with Crippen molar-refractivity contribution >= 4 is 0 Å². The summed E-state index contributed by atoms with van der Waals surface area (Å²) in [6.07, 6.45) is 0.947. The molecule has 2 aromatic rings. The van der Waals surface area contributed by atoms with Crippen molar-refractivity contribution in [2.24, 2.45) is 0 Å². The number of ether oxygens (including phenoxy) is 1. The standard InChI is InChI=1S/C17H18FNO/c1-12(13-6-8-14(18)9-7-13)19-16-10-11-20-17-5-3-2-4-15(16)17/h2-9,12,16,19H,10-11H2,1H3. The molecule has 3 heteroatoms. The molecular weight excluding hydrogens is 253 g/mol. The number of hydrogen-bond acceptors (Lipinski definition) is 2. The van der Waals surface area contributed by atoms with E-state index >= 15 is 0 Å². The highest BCUT2D eigenvalue weighted by Crippen LogP contribution is 2.33. The smallest absolute Gasteiger partial charge is 0.124 e. The average Bonchev–Trinajstić information content (AvgIpc) is 2.48. The molecule has 1 aliphatic rings. The van der Waals surface area contributed by atoms with Gasteiger partial charge in [0.05, 0.1) is 6.61 Å². The van der Waals surface area contributed by atoms with Crippen LogP contribution in [0.4, 0.5) is 4.39 Å². The third-order valence-corrected chi connectivity index (χ3v) is 3.78. The number of nitrogens with one attached hydrogen (secondary N) is 1. The molecule has 1 aliphatic heterocycles. The minimum atomic E-state index is -0.197. The van der Waals surface area contributed by atoms with Gasteiger partial charge in [-0.2, -0.15) is 0 Å². The van der Waals surface area contributed by atoms with Gasteiger partial charge in [0, 0.05) is 24.1 Å². The second kappa shape index (κ2) is 5.63. The topological polar surface area (TPSA) is 21.3 Å². The Morgan fingerprint density at radius 2 is 1.90 bits per heavy atom. The summed E-state index contributed by atoms with van der Waals surface area (Å²) in [6.45, 7) is 2.83. The first-order chi connectivity index (χ1) is 9.74. The summed E-state index contributed by atoms with van der Waals surface area (Å²) in [5, 5.41) is 3.61. The Kier molecular flexibility index (Phi) is 3.70. The molecule has 0 aromatic heterocycles. The minimum Gasteiger partial charge on any atom is -0.493 e. The van der Waals surface area contributed by atoms with E-state index < -0.39 is 0 Å². The molecule has 2 aromatic carbocycles. The fourth-order valence-electron chi connectivity index (χ4n) is 2.66. The summed E-state index contributed by atoms with van der Waals surface area (Å²) in [5.74, 6) is 0.764. The van der Waals surface area contributed by atoms with E-state index in [1.165, 1.54) is 17.7 Å². The van der Waals surface area contributed by atoms with Gasteiger partial charge in [-0.1, -0.05) is 30.3 Å². The van der Waals surface area contributed by atoms with Gasteiger partial charge in [-0.15, -0.1) is 0 Å². The maximum Gasteiger partial charge on any atom is 0.124 e. The zero-order chi connectivity index (χ0) is 13.9. The Balaban J connectivity index is 1.77. The Bertz CT molecular complexity index is 582. The summed E-state index contributed by atoms with van der Waals surface area (Å²) in [4.78, 5) is 0. The predicted octanol–water partition coefficient (Wildman–Crippen LogP) is 4.00. The summed E-state index contributed by atoms with van der Waals surface area (Å²) < 4.78 is 18.6. The lowest BCUT2D eigenvalue weighted by molar-refractivity contribution is 0.246. The highest BCUT2D eigenvalue weighted by molar-refractivity contribution is 5.37. The zero-order valence-electron chi connectivity index (χ0n) is 11.5. The highest BCUT2D eigenvalue weighted by Gasteiger charge is 2.22. The lowest BCUT2D eigenvalue weighted by atomic mass is 9.98. The van der Waals surface area contributed by atoms with Gasteiger partial charge >= 0.3 is 0 Å². The van der Waals surface area contributed by atoms with Crippen molar-refractivity contribution in [1.29, 1.82) is 0 Å². The molecule has 2 atom stereocenters. The van der Waals surface area contributed by atoms with Crippen LogP contribution in [0.25, 0.3) is 0 Å². The largest absolute Gasteiger partial charge is 0.493 e. The first kappa shape index (κ1) is 13.1. The normalized spacial score (nSPS) is 19.0. The summed E-state index contributed by atoms with van der Waals surface area (Å²) in [7, 11) is 0. The predicted molar refractivity (Wildman–Crippen MR) is 77.2 cm³/mol. The second-order valence-corrected chi connectivity index (χ2v) is 5.17.